The van der Waals surface area contributed by atoms with Crippen molar-refractivity contribution in [2.24, 2.45) is 21.7 Å². The fraction of sp³-hybridized carbons (Fsp3) is 1.00. The number of aliphatic hydroxyl groups excluding tert-OH is 2. The Hall–Kier alpha value is 1.16. The van der Waals surface area contributed by atoms with Gasteiger partial charge in [0.1, 0.15) is 26.3 Å². The summed E-state index contributed by atoms with van der Waals surface area (Å²) in [6.07, 6.45) is 3.97. The molecule has 22 nitrogen and oxygen atoms in total. The molecule has 3 rings (SSSR count). The molecule has 28 heteroatoms. The van der Waals surface area contributed by atoms with Crippen LogP contribution in [0.2, 0.25) is 0 Å². The summed E-state index contributed by atoms with van der Waals surface area (Å²) in [5.74, 6) is -0.409. The quantitative estimate of drug-likeness (QED) is 0.0389. The second-order valence-corrected chi connectivity index (χ2v) is 27.9. The number of hydrogen-bond acceptors (Lipinski definition) is 20. The maximum absolute atomic E-state index is 12.0. The molecule has 0 aliphatic carbocycles. The van der Waals surface area contributed by atoms with Gasteiger partial charge in [-0.3, -0.25) is 36.3 Å². The summed E-state index contributed by atoms with van der Waals surface area (Å²) in [6.45, 7) is 18.9. The number of quaternary nitrogens is 2. The van der Waals surface area contributed by atoms with E-state index >= 15 is 0 Å². The lowest BCUT2D eigenvalue weighted by atomic mass is 9.84. The van der Waals surface area contributed by atoms with Gasteiger partial charge in [0.2, 0.25) is 0 Å². The molecule has 0 saturated carbocycles. The first kappa shape index (κ1) is 75.2. The summed E-state index contributed by atoms with van der Waals surface area (Å²) in [6, 6.07) is 0. The Balaban J connectivity index is 0. The summed E-state index contributed by atoms with van der Waals surface area (Å²) >= 11 is 6.95. The Bertz CT molecular complexity index is 1530. The first-order valence-electron chi connectivity index (χ1n) is 24.2. The molecule has 3 fully saturated rings. The number of halogens is 2. The van der Waals surface area contributed by atoms with E-state index in [9.17, 15) is 28.0 Å². The van der Waals surface area contributed by atoms with Crippen LogP contribution in [0.3, 0.4) is 0 Å². The average molecular weight is 1260 g/mol. The van der Waals surface area contributed by atoms with E-state index in [1.54, 1.807) is 0 Å². The van der Waals surface area contributed by atoms with Crippen LogP contribution < -0.4 is 9.79 Å². The van der Waals surface area contributed by atoms with Gasteiger partial charge in [0, 0.05) is 32.3 Å². The van der Waals surface area contributed by atoms with Crippen LogP contribution in [0.4, 0.5) is 0 Å². The first-order valence-corrected chi connectivity index (χ1v) is 32.3. The standard InChI is InChI=1S/C17H40N2O8P2.C11H22O8P2.C8H14Br2O2.C7H16O2.CH4/c1-9-17(10-2,15-26-28(20,21)24-13-11-18(3,4)5)16-27-29(22,23)25-14-12-19(6,7)8;1-3-11(4-2,9-18-20(12)14-5-6-15-20)10-19-21(13)16-7-8-17-21;1-7(2)11-5-8(3-9,4-10)6-12-7;1-3-7(4-2,5-8)6-9;/h9-16H2,1-8H3;3-10H2,1-2H3;3-6H2,1-2H3;8-9H,3-6H2,1-2H3;1H4. The summed E-state index contributed by atoms with van der Waals surface area (Å²) in [5, 5.41) is 19.4. The van der Waals surface area contributed by atoms with Crippen LogP contribution in [-0.4, -0.2) is 183 Å². The number of phosphoric ester groups is 4. The van der Waals surface area contributed by atoms with Crippen molar-refractivity contribution in [1.29, 1.82) is 0 Å². The van der Waals surface area contributed by atoms with Gasteiger partial charge in [-0.2, -0.15) is 0 Å². The van der Waals surface area contributed by atoms with E-state index in [2.05, 4.69) is 31.9 Å². The lowest BCUT2D eigenvalue weighted by Crippen LogP contribution is -2.48. The fourth-order valence-corrected chi connectivity index (χ4v) is 11.4. The molecule has 3 heterocycles. The third-order valence-corrected chi connectivity index (χ3v) is 19.6. The van der Waals surface area contributed by atoms with Gasteiger partial charge in [-0.15, -0.1) is 0 Å². The van der Waals surface area contributed by atoms with E-state index < -0.39 is 47.9 Å². The van der Waals surface area contributed by atoms with Crippen molar-refractivity contribution in [2.45, 2.75) is 107 Å². The molecule has 2 unspecified atom stereocenters. The number of hydrogen-bond donors (Lipinski definition) is 2. The van der Waals surface area contributed by atoms with Gasteiger partial charge in [-0.05, 0) is 52.4 Å². The van der Waals surface area contributed by atoms with Crippen LogP contribution in [0, 0.1) is 21.7 Å². The predicted octanol–water partition coefficient (Wildman–Crippen LogP) is 8.30. The molecule has 0 aromatic heterocycles. The Morgan fingerprint density at radius 1 is 0.569 bits per heavy atom. The van der Waals surface area contributed by atoms with Crippen LogP contribution in [0.25, 0.3) is 0 Å². The van der Waals surface area contributed by atoms with E-state index in [0.29, 0.717) is 47.7 Å². The number of nitrogens with zero attached hydrogens (tertiary/aromatic N) is 2. The second-order valence-electron chi connectivity index (χ2n) is 20.6. The van der Waals surface area contributed by atoms with Gasteiger partial charge in [0.25, 0.3) is 15.6 Å². The number of aliphatic hydroxyl groups is 2. The molecule has 0 radical (unpaired) electrons. The minimum absolute atomic E-state index is 0. The summed E-state index contributed by atoms with van der Waals surface area (Å²) in [7, 11) is -4.39. The summed E-state index contributed by atoms with van der Waals surface area (Å²) in [4.78, 5) is 24.0. The van der Waals surface area contributed by atoms with Gasteiger partial charge in [0.05, 0.1) is 122 Å². The minimum atomic E-state index is -4.50. The van der Waals surface area contributed by atoms with Crippen LogP contribution in [0.15, 0.2) is 0 Å². The summed E-state index contributed by atoms with van der Waals surface area (Å²) in [5.41, 5.74) is -1.37. The van der Waals surface area contributed by atoms with E-state index in [1.165, 1.54) is 0 Å². The van der Waals surface area contributed by atoms with Crippen molar-refractivity contribution < 1.29 is 102 Å². The normalized spacial score (nSPS) is 20.3. The molecule has 3 saturated heterocycles. The van der Waals surface area contributed by atoms with Gasteiger partial charge >= 0.3 is 15.6 Å². The lowest BCUT2D eigenvalue weighted by Gasteiger charge is -2.41. The molecule has 2 N–H and O–H groups in total. The van der Waals surface area contributed by atoms with Crippen LogP contribution in [0.5, 0.6) is 0 Å². The zero-order valence-corrected chi connectivity index (χ0v) is 51.9. The van der Waals surface area contributed by atoms with E-state index in [-0.39, 0.29) is 97.5 Å². The number of phosphoric acid groups is 4. The van der Waals surface area contributed by atoms with E-state index in [4.69, 9.17) is 64.9 Å². The average Bonchev–Trinajstić information content (AvgIpc) is 3.96. The van der Waals surface area contributed by atoms with Crippen molar-refractivity contribution in [2.75, 3.05) is 159 Å². The highest BCUT2D eigenvalue weighted by molar-refractivity contribution is 9.09. The second kappa shape index (κ2) is 34.3. The highest BCUT2D eigenvalue weighted by atomic mass is 79.9. The molecular formula is C44H96Br2N2O20P4. The first-order chi connectivity index (χ1) is 32.7. The third kappa shape index (κ3) is 30.5. The number of alkyl halides is 2. The lowest BCUT2D eigenvalue weighted by molar-refractivity contribution is -0.870. The van der Waals surface area contributed by atoms with E-state index in [0.717, 1.165) is 36.7 Å². The third-order valence-electron chi connectivity index (χ3n) is 12.5. The van der Waals surface area contributed by atoms with Gasteiger partial charge < -0.3 is 56.5 Å². The van der Waals surface area contributed by atoms with Crippen LogP contribution in [-0.2, 0) is 73.0 Å². The monoisotopic (exact) mass is 1250 g/mol. The number of ether oxygens (including phenoxy) is 2. The van der Waals surface area contributed by atoms with Crippen molar-refractivity contribution in [1.82, 2.24) is 0 Å². The smallest absolute Gasteiger partial charge is 0.474 e. The van der Waals surface area contributed by atoms with Crippen molar-refractivity contribution in [3.8, 4) is 0 Å². The molecule has 0 aromatic carbocycles. The van der Waals surface area contributed by atoms with Crippen molar-refractivity contribution >= 4 is 63.2 Å². The van der Waals surface area contributed by atoms with Crippen molar-refractivity contribution in [3.63, 3.8) is 0 Å². The Morgan fingerprint density at radius 2 is 0.861 bits per heavy atom. The number of rotatable bonds is 30. The van der Waals surface area contributed by atoms with Crippen LogP contribution >= 0.6 is 63.2 Å². The summed E-state index contributed by atoms with van der Waals surface area (Å²) < 4.78 is 111. The minimum Gasteiger partial charge on any atom is -0.756 e. The molecule has 3 aliphatic rings. The molecular weight excluding hydrogens is 1160 g/mol. The van der Waals surface area contributed by atoms with Crippen molar-refractivity contribution in [3.05, 3.63) is 0 Å². The van der Waals surface area contributed by atoms with Gasteiger partial charge in [-0.1, -0.05) is 80.8 Å². The molecule has 72 heavy (non-hydrogen) atoms. The zero-order chi connectivity index (χ0) is 55.0. The highest BCUT2D eigenvalue weighted by Crippen LogP contribution is 2.56. The van der Waals surface area contributed by atoms with Crippen LogP contribution in [0.1, 0.15) is 101 Å². The predicted molar refractivity (Wildman–Crippen MR) is 282 cm³/mol. The topological polar surface area (TPSA) is 266 Å². The molecule has 0 spiro atoms. The molecule has 0 aromatic rings. The highest BCUT2D eigenvalue weighted by Gasteiger charge is 2.41. The molecule has 2 atom stereocenters. The Labute approximate surface area is 450 Å². The Kier molecular flexibility index (Phi) is 35.9. The maximum Gasteiger partial charge on any atom is 0.474 e. The maximum atomic E-state index is 12.0. The molecule has 436 valence electrons. The Morgan fingerprint density at radius 3 is 1.10 bits per heavy atom. The van der Waals surface area contributed by atoms with E-state index in [1.807, 2.05) is 97.7 Å². The zero-order valence-electron chi connectivity index (χ0n) is 45.2. The van der Waals surface area contributed by atoms with Gasteiger partial charge in [-0.25, -0.2) is 9.13 Å². The number of likely N-dealkylation sites (N-methyl/N-ethyl adjacent to an activating group) is 2. The largest absolute Gasteiger partial charge is 0.756 e. The molecule has 3 aliphatic heterocycles. The molecule has 0 amide bonds. The fourth-order valence-electron chi connectivity index (χ4n) is 5.69. The molecule has 0 bridgehead atoms. The SMILES string of the molecule is C.CC1(C)OCC(CBr)(CBr)CO1.CCC(CC)(CO)CO.CCC(CC)(COP(=O)([O-])OCC[N+](C)(C)C)COP(=O)([O-])OCC[N+](C)(C)C.CCC(CC)(COP1(=O)OCCO1)COP1(=O)OCCO1. The van der Waals surface area contributed by atoms with Gasteiger partial charge in [0.15, 0.2) is 5.79 Å².